The van der Waals surface area contributed by atoms with Crippen LogP contribution < -0.4 is 5.32 Å². The number of piperidine rings is 1. The molecule has 4 rings (SSSR count). The van der Waals surface area contributed by atoms with Gasteiger partial charge in [0.25, 0.3) is 0 Å². The van der Waals surface area contributed by atoms with E-state index in [1.807, 2.05) is 17.0 Å². The van der Waals surface area contributed by atoms with Crippen LogP contribution in [0.15, 0.2) is 34.5 Å². The Kier molecular flexibility index (Phi) is 4.81. The van der Waals surface area contributed by atoms with E-state index in [0.29, 0.717) is 19.8 Å². The molecule has 1 N–H and O–H groups in total. The average molecular weight is 346 g/mol. The van der Waals surface area contributed by atoms with E-state index in [9.17, 15) is 4.79 Å². The topological polar surface area (TPSA) is 63.9 Å². The molecule has 2 fully saturated rings. The zero-order valence-electron chi connectivity index (χ0n) is 14.5. The maximum Gasteiger partial charge on any atom is 0.318 e. The van der Waals surface area contributed by atoms with Gasteiger partial charge in [0, 0.05) is 24.6 Å². The number of hydrogen-bond donors (Lipinski definition) is 1. The molecular formula is C19H26N2O4. The number of rotatable bonds is 3. The van der Waals surface area contributed by atoms with Crippen LogP contribution in [0.5, 0.6) is 0 Å². The van der Waals surface area contributed by atoms with Crippen molar-refractivity contribution in [2.45, 2.75) is 38.3 Å². The van der Waals surface area contributed by atoms with Gasteiger partial charge in [0.05, 0.1) is 32.6 Å². The molecule has 0 unspecified atom stereocenters. The summed E-state index contributed by atoms with van der Waals surface area (Å²) < 4.78 is 16.7. The molecule has 2 amide bonds. The molecule has 2 atom stereocenters. The van der Waals surface area contributed by atoms with E-state index in [4.69, 9.17) is 13.9 Å². The molecule has 3 aliphatic rings. The summed E-state index contributed by atoms with van der Waals surface area (Å²) in [6, 6.07) is 3.92. The summed E-state index contributed by atoms with van der Waals surface area (Å²) in [6.07, 6.45) is 7.78. The maximum atomic E-state index is 12.9. The zero-order valence-corrected chi connectivity index (χ0v) is 14.5. The molecule has 4 heterocycles. The molecule has 6 heteroatoms. The Morgan fingerprint density at radius 1 is 1.36 bits per heavy atom. The van der Waals surface area contributed by atoms with E-state index in [1.54, 1.807) is 6.26 Å². The Balaban J connectivity index is 1.52. The van der Waals surface area contributed by atoms with Crippen LogP contribution in [0.1, 0.15) is 31.4 Å². The van der Waals surface area contributed by atoms with Gasteiger partial charge in [0.1, 0.15) is 5.76 Å². The third-order valence-corrected chi connectivity index (χ3v) is 5.79. The minimum Gasteiger partial charge on any atom is -0.467 e. The second-order valence-corrected chi connectivity index (χ2v) is 7.10. The minimum atomic E-state index is -0.0394. The third kappa shape index (κ3) is 3.20. The van der Waals surface area contributed by atoms with Gasteiger partial charge in [-0.15, -0.1) is 0 Å². The highest BCUT2D eigenvalue weighted by atomic mass is 16.5. The van der Waals surface area contributed by atoms with Gasteiger partial charge in [-0.1, -0.05) is 11.6 Å². The predicted molar refractivity (Wildman–Crippen MR) is 92.1 cm³/mol. The van der Waals surface area contributed by atoms with Crippen LogP contribution in [-0.4, -0.2) is 49.9 Å². The van der Waals surface area contributed by atoms with Gasteiger partial charge in [0.2, 0.25) is 0 Å². The molecule has 3 aliphatic heterocycles. The highest BCUT2D eigenvalue weighted by Gasteiger charge is 2.50. The number of nitrogens with one attached hydrogen (secondary N) is 1. The van der Waals surface area contributed by atoms with Crippen molar-refractivity contribution >= 4 is 6.03 Å². The summed E-state index contributed by atoms with van der Waals surface area (Å²) in [4.78, 5) is 14.9. The maximum absolute atomic E-state index is 12.9. The van der Waals surface area contributed by atoms with Crippen LogP contribution >= 0.6 is 0 Å². The first kappa shape index (κ1) is 16.7. The van der Waals surface area contributed by atoms with Gasteiger partial charge < -0.3 is 24.1 Å². The van der Waals surface area contributed by atoms with Crippen LogP contribution in [0, 0.1) is 5.41 Å². The molecule has 0 bridgehead atoms. The molecule has 0 spiro atoms. The lowest BCUT2D eigenvalue weighted by atomic mass is 9.65. The predicted octanol–water partition coefficient (Wildman–Crippen LogP) is 2.71. The van der Waals surface area contributed by atoms with Crippen molar-refractivity contribution in [3.63, 3.8) is 0 Å². The number of urea groups is 1. The van der Waals surface area contributed by atoms with E-state index in [1.165, 1.54) is 5.57 Å². The number of ether oxygens (including phenoxy) is 2. The van der Waals surface area contributed by atoms with Crippen molar-refractivity contribution in [2.24, 2.45) is 5.41 Å². The lowest BCUT2D eigenvalue weighted by Crippen LogP contribution is -2.61. The second-order valence-electron chi connectivity index (χ2n) is 7.10. The van der Waals surface area contributed by atoms with E-state index < -0.39 is 0 Å². The molecule has 6 nitrogen and oxygen atoms in total. The van der Waals surface area contributed by atoms with Gasteiger partial charge in [-0.3, -0.25) is 0 Å². The monoisotopic (exact) mass is 346 g/mol. The van der Waals surface area contributed by atoms with Crippen LogP contribution in [0.4, 0.5) is 4.79 Å². The minimum absolute atomic E-state index is 0.0000319. The van der Waals surface area contributed by atoms with Crippen molar-refractivity contribution < 1.29 is 18.7 Å². The van der Waals surface area contributed by atoms with Crippen LogP contribution in [0.25, 0.3) is 0 Å². The van der Waals surface area contributed by atoms with E-state index in [0.717, 1.165) is 51.2 Å². The van der Waals surface area contributed by atoms with Crippen molar-refractivity contribution in [2.75, 3.05) is 33.0 Å². The molecule has 1 aromatic rings. The Morgan fingerprint density at radius 3 is 3.12 bits per heavy atom. The number of furan rings is 1. The molecule has 0 aliphatic carbocycles. The Labute approximate surface area is 148 Å². The van der Waals surface area contributed by atoms with Crippen LogP contribution in [-0.2, 0) is 16.0 Å². The first-order valence-electron chi connectivity index (χ1n) is 9.21. The number of amides is 2. The van der Waals surface area contributed by atoms with E-state index in [2.05, 4.69) is 11.4 Å². The summed E-state index contributed by atoms with van der Waals surface area (Å²) in [5, 5.41) is 3.02. The third-order valence-electron chi connectivity index (χ3n) is 5.79. The first-order valence-corrected chi connectivity index (χ1v) is 9.21. The van der Waals surface area contributed by atoms with Crippen molar-refractivity contribution in [1.82, 2.24) is 10.2 Å². The lowest BCUT2D eigenvalue weighted by Gasteiger charge is -2.53. The molecule has 1 aromatic heterocycles. The normalized spacial score (nSPS) is 29.7. The molecular weight excluding hydrogens is 320 g/mol. The fraction of sp³-hybridized carbons (Fsp3) is 0.632. The Bertz CT molecular complexity index is 623. The number of likely N-dealkylation sites (tertiary alicyclic amines) is 1. The molecule has 2 saturated heterocycles. The summed E-state index contributed by atoms with van der Waals surface area (Å²) in [6.45, 7) is 4.11. The first-order chi connectivity index (χ1) is 12.3. The van der Waals surface area contributed by atoms with Gasteiger partial charge in [-0.2, -0.15) is 0 Å². The van der Waals surface area contributed by atoms with Crippen molar-refractivity contribution in [3.8, 4) is 0 Å². The SMILES string of the molecule is O=C(NCc1ccco1)N1CCC[C@@]2(C3=CCOCC3)COCC[C@H]12. The Morgan fingerprint density at radius 2 is 2.32 bits per heavy atom. The van der Waals surface area contributed by atoms with Gasteiger partial charge in [-0.25, -0.2) is 4.79 Å². The fourth-order valence-electron chi connectivity index (χ4n) is 4.60. The fourth-order valence-corrected chi connectivity index (χ4v) is 4.60. The quantitative estimate of drug-likeness (QED) is 0.855. The molecule has 136 valence electrons. The van der Waals surface area contributed by atoms with E-state index >= 15 is 0 Å². The number of carbonyl (C=O) groups excluding carboxylic acids is 1. The van der Waals surface area contributed by atoms with Gasteiger partial charge in [0.15, 0.2) is 0 Å². The van der Waals surface area contributed by atoms with Crippen LogP contribution in [0.2, 0.25) is 0 Å². The summed E-state index contributed by atoms with van der Waals surface area (Å²) in [5.74, 6) is 0.774. The second kappa shape index (κ2) is 7.22. The summed E-state index contributed by atoms with van der Waals surface area (Å²) >= 11 is 0. The number of fused-ring (bicyclic) bond motifs is 1. The highest BCUT2D eigenvalue weighted by Crippen LogP contribution is 2.47. The summed E-state index contributed by atoms with van der Waals surface area (Å²) in [7, 11) is 0. The van der Waals surface area contributed by atoms with Gasteiger partial charge in [-0.05, 0) is 37.8 Å². The Hall–Kier alpha value is -1.79. The number of nitrogens with zero attached hydrogens (tertiary/aromatic N) is 1. The smallest absolute Gasteiger partial charge is 0.318 e. The van der Waals surface area contributed by atoms with Crippen LogP contribution in [0.3, 0.4) is 0 Å². The van der Waals surface area contributed by atoms with E-state index in [-0.39, 0.29) is 17.5 Å². The molecule has 0 radical (unpaired) electrons. The molecule has 0 saturated carbocycles. The zero-order chi connectivity index (χ0) is 17.1. The van der Waals surface area contributed by atoms with Crippen molar-refractivity contribution in [1.29, 1.82) is 0 Å². The average Bonchev–Trinajstić information content (AvgIpc) is 3.20. The number of carbonyl (C=O) groups is 1. The summed E-state index contributed by atoms with van der Waals surface area (Å²) in [5.41, 5.74) is 1.38. The standard InChI is InChI=1S/C19H26N2O4/c22-18(20-13-16-3-1-9-25-16)21-8-2-7-19(14-24-12-6-17(19)21)15-4-10-23-11-5-15/h1,3-4,9,17H,2,5-8,10-14H2,(H,20,22)/t17-,19-/m0/s1. The molecule has 0 aromatic carbocycles. The lowest BCUT2D eigenvalue weighted by molar-refractivity contribution is -0.0706. The van der Waals surface area contributed by atoms with Gasteiger partial charge >= 0.3 is 6.03 Å². The van der Waals surface area contributed by atoms with Crippen molar-refractivity contribution in [3.05, 3.63) is 35.8 Å². The molecule has 25 heavy (non-hydrogen) atoms. The number of hydrogen-bond acceptors (Lipinski definition) is 4. The highest BCUT2D eigenvalue weighted by molar-refractivity contribution is 5.75. The largest absolute Gasteiger partial charge is 0.467 e.